The lowest BCUT2D eigenvalue weighted by Crippen LogP contribution is -2.26. The predicted octanol–water partition coefficient (Wildman–Crippen LogP) is 3.04. The molecule has 0 saturated heterocycles. The molecule has 0 spiro atoms. The van der Waals surface area contributed by atoms with Gasteiger partial charge in [0.05, 0.1) is 12.1 Å². The van der Waals surface area contributed by atoms with Crippen molar-refractivity contribution in [1.82, 2.24) is 24.6 Å². The summed E-state index contributed by atoms with van der Waals surface area (Å²) in [6, 6.07) is 6.19. The number of carbonyl (C=O) groups excluding carboxylic acids is 1. The van der Waals surface area contributed by atoms with Gasteiger partial charge in [-0.1, -0.05) is 18.6 Å². The number of nitrogens with zero attached hydrogens (tertiary/aromatic N) is 4. The maximum absolute atomic E-state index is 12.8. The van der Waals surface area contributed by atoms with E-state index in [1.165, 1.54) is 24.0 Å². The summed E-state index contributed by atoms with van der Waals surface area (Å²) in [4.78, 5) is 12.8. The van der Waals surface area contributed by atoms with Gasteiger partial charge in [0, 0.05) is 25.4 Å². The first-order valence-electron chi connectivity index (χ1n) is 9.31. The zero-order valence-corrected chi connectivity index (χ0v) is 15.7. The van der Waals surface area contributed by atoms with E-state index >= 15 is 0 Å². The van der Waals surface area contributed by atoms with Crippen LogP contribution in [0.4, 0.5) is 0 Å². The maximum Gasteiger partial charge on any atom is 0.268 e. The van der Waals surface area contributed by atoms with Crippen LogP contribution in [0.5, 0.6) is 0 Å². The molecule has 26 heavy (non-hydrogen) atoms. The first-order chi connectivity index (χ1) is 12.6. The minimum absolute atomic E-state index is 0.0755. The van der Waals surface area contributed by atoms with Crippen molar-refractivity contribution in [2.75, 3.05) is 0 Å². The van der Waals surface area contributed by atoms with Gasteiger partial charge in [0.25, 0.3) is 5.91 Å². The Morgan fingerprint density at radius 2 is 1.96 bits per heavy atom. The van der Waals surface area contributed by atoms with Crippen LogP contribution >= 0.6 is 0 Å². The summed E-state index contributed by atoms with van der Waals surface area (Å²) < 4.78 is 4.15. The average Bonchev–Trinajstić information content (AvgIpc) is 3.09. The van der Waals surface area contributed by atoms with Crippen molar-refractivity contribution < 1.29 is 4.79 Å². The minimum atomic E-state index is -0.0755. The average molecular weight is 351 g/mol. The van der Waals surface area contributed by atoms with E-state index in [2.05, 4.69) is 46.1 Å². The highest BCUT2D eigenvalue weighted by molar-refractivity contribution is 6.00. The Morgan fingerprint density at radius 1 is 1.15 bits per heavy atom. The van der Waals surface area contributed by atoms with Crippen LogP contribution in [0.3, 0.4) is 0 Å². The highest BCUT2D eigenvalue weighted by atomic mass is 16.1. The van der Waals surface area contributed by atoms with Crippen LogP contribution in [0, 0.1) is 13.8 Å². The van der Waals surface area contributed by atoms with Crippen molar-refractivity contribution in [3.05, 3.63) is 46.7 Å². The van der Waals surface area contributed by atoms with Gasteiger partial charge in [-0.05, 0) is 43.9 Å². The number of hydrogen-bond acceptors (Lipinski definition) is 3. The Balaban J connectivity index is 1.57. The molecule has 0 unspecified atom stereocenters. The second-order valence-electron chi connectivity index (χ2n) is 7.23. The van der Waals surface area contributed by atoms with Crippen molar-refractivity contribution in [2.45, 2.75) is 52.6 Å². The number of amides is 1. The number of aromatic nitrogens is 4. The van der Waals surface area contributed by atoms with Crippen molar-refractivity contribution >= 4 is 16.8 Å². The van der Waals surface area contributed by atoms with E-state index in [1.807, 2.05) is 17.7 Å². The number of hydrogen-bond donors (Lipinski definition) is 1. The number of fused-ring (bicyclic) bond motifs is 2. The summed E-state index contributed by atoms with van der Waals surface area (Å²) >= 11 is 0. The smallest absolute Gasteiger partial charge is 0.268 e. The lowest BCUT2D eigenvalue weighted by molar-refractivity contribution is 0.0941. The zero-order chi connectivity index (χ0) is 18.3. The molecule has 1 aromatic carbocycles. The highest BCUT2D eigenvalue weighted by Gasteiger charge is 2.18. The van der Waals surface area contributed by atoms with Gasteiger partial charge >= 0.3 is 0 Å². The summed E-state index contributed by atoms with van der Waals surface area (Å²) in [6.07, 6.45) is 4.51. The molecule has 1 aliphatic heterocycles. The molecule has 6 heteroatoms. The Bertz CT molecular complexity index is 982. The number of benzene rings is 1. The zero-order valence-electron chi connectivity index (χ0n) is 15.7. The molecule has 6 nitrogen and oxygen atoms in total. The molecule has 2 aromatic heterocycles. The van der Waals surface area contributed by atoms with E-state index < -0.39 is 0 Å². The molecule has 4 rings (SSSR count). The Morgan fingerprint density at radius 3 is 2.77 bits per heavy atom. The Kier molecular flexibility index (Phi) is 4.26. The molecule has 3 aromatic rings. The highest BCUT2D eigenvalue weighted by Crippen LogP contribution is 2.25. The largest absolute Gasteiger partial charge is 0.343 e. The second kappa shape index (κ2) is 6.59. The molecule has 0 fully saturated rings. The van der Waals surface area contributed by atoms with E-state index in [1.54, 1.807) is 0 Å². The van der Waals surface area contributed by atoms with E-state index in [9.17, 15) is 4.79 Å². The summed E-state index contributed by atoms with van der Waals surface area (Å²) in [7, 11) is 1.95. The van der Waals surface area contributed by atoms with Crippen molar-refractivity contribution in [2.24, 2.45) is 7.05 Å². The second-order valence-corrected chi connectivity index (χ2v) is 7.23. The summed E-state index contributed by atoms with van der Waals surface area (Å²) in [5.41, 5.74) is 4.15. The van der Waals surface area contributed by atoms with Crippen molar-refractivity contribution in [1.29, 1.82) is 0 Å². The van der Waals surface area contributed by atoms with Gasteiger partial charge in [0.15, 0.2) is 5.82 Å². The standard InChI is InChI=1S/C20H25N5O/c1-13-8-9-14(2)19-15(13)11-16(24(19)3)20(26)21-12-18-23-22-17-7-5-4-6-10-25(17)18/h8-9,11H,4-7,10,12H2,1-3H3,(H,21,26). The van der Waals surface area contributed by atoms with Gasteiger partial charge in [-0.2, -0.15) is 0 Å². The molecular formula is C20H25N5O. The van der Waals surface area contributed by atoms with Gasteiger partial charge in [0.1, 0.15) is 11.5 Å². The van der Waals surface area contributed by atoms with Crippen LogP contribution in [0.25, 0.3) is 10.9 Å². The van der Waals surface area contributed by atoms with Crippen LogP contribution < -0.4 is 5.32 Å². The molecule has 0 saturated carbocycles. The van der Waals surface area contributed by atoms with Gasteiger partial charge in [-0.25, -0.2) is 0 Å². The van der Waals surface area contributed by atoms with E-state index in [-0.39, 0.29) is 5.91 Å². The van der Waals surface area contributed by atoms with Crippen LogP contribution in [0.15, 0.2) is 18.2 Å². The molecule has 1 N–H and O–H groups in total. The molecule has 0 radical (unpaired) electrons. The lowest BCUT2D eigenvalue weighted by atomic mass is 10.1. The van der Waals surface area contributed by atoms with Gasteiger partial charge in [0.2, 0.25) is 0 Å². The monoisotopic (exact) mass is 351 g/mol. The van der Waals surface area contributed by atoms with Gasteiger partial charge < -0.3 is 14.5 Å². The summed E-state index contributed by atoms with van der Waals surface area (Å²) in [5.74, 6) is 1.82. The van der Waals surface area contributed by atoms with Gasteiger partial charge in [-0.3, -0.25) is 4.79 Å². The molecule has 1 aliphatic rings. The minimum Gasteiger partial charge on any atom is -0.343 e. The Hall–Kier alpha value is -2.63. The molecule has 0 aliphatic carbocycles. The SMILES string of the molecule is Cc1ccc(C)c2c1cc(C(=O)NCc1nnc3n1CCCCC3)n2C. The van der Waals surface area contributed by atoms with Crippen molar-refractivity contribution in [3.63, 3.8) is 0 Å². The van der Waals surface area contributed by atoms with E-state index in [0.717, 1.165) is 41.9 Å². The van der Waals surface area contributed by atoms with Crippen LogP contribution in [0.2, 0.25) is 0 Å². The predicted molar refractivity (Wildman–Crippen MR) is 101 cm³/mol. The molecule has 136 valence electrons. The topological polar surface area (TPSA) is 64.7 Å². The number of carbonyl (C=O) groups is 1. The first-order valence-corrected chi connectivity index (χ1v) is 9.31. The molecular weight excluding hydrogens is 326 g/mol. The van der Waals surface area contributed by atoms with Crippen LogP contribution in [-0.4, -0.2) is 25.2 Å². The van der Waals surface area contributed by atoms with Crippen LogP contribution in [0.1, 0.15) is 52.5 Å². The number of nitrogens with one attached hydrogen (secondary N) is 1. The fourth-order valence-electron chi connectivity index (χ4n) is 3.94. The normalized spacial score (nSPS) is 14.3. The third-order valence-corrected chi connectivity index (χ3v) is 5.44. The maximum atomic E-state index is 12.8. The van der Waals surface area contributed by atoms with Crippen LogP contribution in [-0.2, 0) is 26.6 Å². The fourth-order valence-corrected chi connectivity index (χ4v) is 3.94. The molecule has 0 atom stereocenters. The van der Waals surface area contributed by atoms with E-state index in [4.69, 9.17) is 0 Å². The number of rotatable bonds is 3. The Labute approximate surface area is 153 Å². The molecule has 1 amide bonds. The fraction of sp³-hybridized carbons (Fsp3) is 0.450. The summed E-state index contributed by atoms with van der Waals surface area (Å²) in [5, 5.41) is 12.8. The quantitative estimate of drug-likeness (QED) is 0.789. The molecule has 0 bridgehead atoms. The first kappa shape index (κ1) is 16.8. The number of aryl methyl sites for hydroxylation is 4. The van der Waals surface area contributed by atoms with Crippen molar-refractivity contribution in [3.8, 4) is 0 Å². The third kappa shape index (κ3) is 2.79. The molecule has 3 heterocycles. The van der Waals surface area contributed by atoms with Gasteiger partial charge in [-0.15, -0.1) is 10.2 Å². The van der Waals surface area contributed by atoms with E-state index in [0.29, 0.717) is 12.2 Å². The summed E-state index contributed by atoms with van der Waals surface area (Å²) in [6.45, 7) is 5.51. The third-order valence-electron chi connectivity index (χ3n) is 5.44. The lowest BCUT2D eigenvalue weighted by Gasteiger charge is -2.09.